The maximum Gasteiger partial charge on any atom is 1.00 e. The molecule has 0 N–H and O–H groups in total. The second kappa shape index (κ2) is 10.6. The van der Waals surface area contributed by atoms with Crippen molar-refractivity contribution in [3.05, 3.63) is 0 Å². The molecule has 0 amide bonds. The topological polar surface area (TPSA) is 110 Å². The summed E-state index contributed by atoms with van der Waals surface area (Å²) in [6, 6.07) is 0. The third-order valence-electron chi connectivity index (χ3n) is 2.10. The number of hydrogen-bond donors (Lipinski definition) is 0. The van der Waals surface area contributed by atoms with Crippen LogP contribution in [0.15, 0.2) is 0 Å². The molecule has 1 atom stereocenters. The van der Waals surface area contributed by atoms with Gasteiger partial charge in [-0.05, 0) is 11.8 Å². The van der Waals surface area contributed by atoms with Gasteiger partial charge in [-0.1, -0.05) is 27.7 Å². The minimum Gasteiger partial charge on any atom is -0.747 e. The van der Waals surface area contributed by atoms with Crippen LogP contribution in [0, 0.1) is 11.8 Å². The molecule has 7 nitrogen and oxygen atoms in total. The third kappa shape index (κ3) is 11.1. The molecular weight excluding hydrogens is 311 g/mol. The monoisotopic (exact) mass is 332 g/mol. The molecule has 0 saturated heterocycles. The van der Waals surface area contributed by atoms with Crippen LogP contribution in [0.2, 0.25) is 0 Å². The Hall–Kier alpha value is -0.150. The molecule has 118 valence electrons. The van der Waals surface area contributed by atoms with Crippen molar-refractivity contribution in [1.29, 1.82) is 0 Å². The summed E-state index contributed by atoms with van der Waals surface area (Å²) >= 11 is 0. The molecule has 0 spiro atoms. The average Bonchev–Trinajstić information content (AvgIpc) is 2.28. The maximum atomic E-state index is 11.6. The van der Waals surface area contributed by atoms with Gasteiger partial charge < -0.3 is 14.0 Å². The standard InChI is InChI=1S/C12H22O7S.Na/c1-8(2)6-18-11(13)5-10(20(15,16)17)12(14)19-7-9(3)4;/h8-10H,5-7H2,1-4H3,(H,15,16,17);/q;+1/p-1. The number of carbonyl (C=O) groups is 2. The maximum absolute atomic E-state index is 11.6. The molecule has 0 radical (unpaired) electrons. The summed E-state index contributed by atoms with van der Waals surface area (Å²) in [6.07, 6.45) is -0.824. The van der Waals surface area contributed by atoms with E-state index >= 15 is 0 Å². The van der Waals surface area contributed by atoms with E-state index in [1.54, 1.807) is 27.7 Å². The first-order valence-electron chi connectivity index (χ1n) is 6.31. The fraction of sp³-hybridized carbons (Fsp3) is 0.833. The van der Waals surface area contributed by atoms with Crippen molar-refractivity contribution in [2.75, 3.05) is 13.2 Å². The number of esters is 2. The Morgan fingerprint density at radius 2 is 1.43 bits per heavy atom. The molecular formula is C12H21NaO7S. The number of hydrogen-bond acceptors (Lipinski definition) is 7. The predicted octanol–water partition coefficient (Wildman–Crippen LogP) is -2.31. The number of carbonyl (C=O) groups excluding carboxylic acids is 2. The molecule has 9 heteroatoms. The van der Waals surface area contributed by atoms with Gasteiger partial charge in [-0.3, -0.25) is 9.59 Å². The van der Waals surface area contributed by atoms with Crippen LogP contribution in [-0.4, -0.2) is 43.4 Å². The first-order valence-corrected chi connectivity index (χ1v) is 7.78. The Bertz CT molecular complexity index is 431. The van der Waals surface area contributed by atoms with Crippen molar-refractivity contribution in [2.24, 2.45) is 11.8 Å². The fourth-order valence-corrected chi connectivity index (χ4v) is 1.76. The predicted molar refractivity (Wildman–Crippen MR) is 69.7 cm³/mol. The van der Waals surface area contributed by atoms with E-state index in [2.05, 4.69) is 0 Å². The van der Waals surface area contributed by atoms with Crippen molar-refractivity contribution in [3.63, 3.8) is 0 Å². The second-order valence-electron chi connectivity index (χ2n) is 5.29. The summed E-state index contributed by atoms with van der Waals surface area (Å²) in [5.74, 6) is -2.07. The molecule has 0 aromatic heterocycles. The van der Waals surface area contributed by atoms with Crippen LogP contribution in [0.5, 0.6) is 0 Å². The molecule has 0 aliphatic rings. The molecule has 0 rings (SSSR count). The van der Waals surface area contributed by atoms with E-state index in [1.165, 1.54) is 0 Å². The number of rotatable bonds is 8. The van der Waals surface area contributed by atoms with Gasteiger partial charge in [-0.25, -0.2) is 8.42 Å². The van der Waals surface area contributed by atoms with E-state index in [1.807, 2.05) is 0 Å². The van der Waals surface area contributed by atoms with Crippen LogP contribution in [0.1, 0.15) is 34.1 Å². The smallest absolute Gasteiger partial charge is 0.747 e. The van der Waals surface area contributed by atoms with Gasteiger partial charge in [-0.2, -0.15) is 0 Å². The Balaban J connectivity index is 0. The van der Waals surface area contributed by atoms with E-state index in [-0.39, 0.29) is 54.6 Å². The average molecular weight is 332 g/mol. The summed E-state index contributed by atoms with van der Waals surface area (Å²) < 4.78 is 42.5. The van der Waals surface area contributed by atoms with Crippen molar-refractivity contribution >= 4 is 22.1 Å². The van der Waals surface area contributed by atoms with Crippen molar-refractivity contribution < 1.29 is 61.6 Å². The number of ether oxygens (including phenoxy) is 2. The fourth-order valence-electron chi connectivity index (χ4n) is 1.11. The van der Waals surface area contributed by atoms with Gasteiger partial charge in [0.15, 0.2) is 5.25 Å². The Labute approximate surface area is 147 Å². The first-order chi connectivity index (χ1) is 9.04. The van der Waals surface area contributed by atoms with Crippen LogP contribution in [-0.2, 0) is 29.2 Å². The zero-order valence-corrected chi connectivity index (χ0v) is 15.9. The Kier molecular flexibility index (Phi) is 11.6. The molecule has 0 aliphatic heterocycles. The zero-order chi connectivity index (χ0) is 15.9. The van der Waals surface area contributed by atoms with Crippen molar-refractivity contribution in [3.8, 4) is 0 Å². The van der Waals surface area contributed by atoms with Gasteiger partial charge in [0.25, 0.3) is 0 Å². The van der Waals surface area contributed by atoms with Crippen LogP contribution < -0.4 is 29.6 Å². The van der Waals surface area contributed by atoms with Gasteiger partial charge in [0, 0.05) is 0 Å². The van der Waals surface area contributed by atoms with Crippen LogP contribution in [0.3, 0.4) is 0 Å². The van der Waals surface area contributed by atoms with Gasteiger partial charge in [0.2, 0.25) is 0 Å². The van der Waals surface area contributed by atoms with Crippen molar-refractivity contribution in [2.45, 2.75) is 39.4 Å². The van der Waals surface area contributed by atoms with Crippen LogP contribution >= 0.6 is 0 Å². The summed E-state index contributed by atoms with van der Waals surface area (Å²) in [6.45, 7) is 7.17. The second-order valence-corrected chi connectivity index (χ2v) is 6.84. The largest absolute Gasteiger partial charge is 1.00 e. The Morgan fingerprint density at radius 1 is 1.00 bits per heavy atom. The van der Waals surface area contributed by atoms with Gasteiger partial charge in [-0.15, -0.1) is 0 Å². The van der Waals surface area contributed by atoms with E-state index in [4.69, 9.17) is 9.47 Å². The molecule has 0 aromatic rings. The van der Waals surface area contributed by atoms with Gasteiger partial charge in [0.1, 0.15) is 10.1 Å². The van der Waals surface area contributed by atoms with Crippen molar-refractivity contribution in [1.82, 2.24) is 0 Å². The van der Waals surface area contributed by atoms with E-state index in [0.29, 0.717) is 0 Å². The van der Waals surface area contributed by atoms with E-state index < -0.39 is 33.7 Å². The Morgan fingerprint density at radius 3 is 1.81 bits per heavy atom. The molecule has 0 fully saturated rings. The molecule has 0 heterocycles. The molecule has 21 heavy (non-hydrogen) atoms. The first kappa shape index (κ1) is 23.1. The summed E-state index contributed by atoms with van der Waals surface area (Å²) in [5, 5.41) is -2.05. The molecule has 0 aliphatic carbocycles. The minimum absolute atomic E-state index is 0. The van der Waals surface area contributed by atoms with E-state index in [9.17, 15) is 22.6 Å². The zero-order valence-electron chi connectivity index (χ0n) is 13.1. The molecule has 0 saturated carbocycles. The summed E-state index contributed by atoms with van der Waals surface area (Å²) in [5.41, 5.74) is 0. The normalized spacial score (nSPS) is 12.7. The quantitative estimate of drug-likeness (QED) is 0.279. The van der Waals surface area contributed by atoms with Gasteiger partial charge in [0.05, 0.1) is 19.6 Å². The van der Waals surface area contributed by atoms with Gasteiger partial charge >= 0.3 is 41.5 Å². The molecule has 0 bridgehead atoms. The van der Waals surface area contributed by atoms with Crippen LogP contribution in [0.25, 0.3) is 0 Å². The third-order valence-corrected chi connectivity index (χ3v) is 3.16. The summed E-state index contributed by atoms with van der Waals surface area (Å²) in [7, 11) is -4.97. The summed E-state index contributed by atoms with van der Waals surface area (Å²) in [4.78, 5) is 23.0. The minimum atomic E-state index is -4.97. The SMILES string of the molecule is CC(C)COC(=O)CC(C(=O)OCC(C)C)S(=O)(=O)[O-].[Na+]. The van der Waals surface area contributed by atoms with Crippen LogP contribution in [0.4, 0.5) is 0 Å². The molecule has 1 unspecified atom stereocenters. The molecule has 0 aromatic carbocycles. The van der Waals surface area contributed by atoms with E-state index in [0.717, 1.165) is 0 Å².